The van der Waals surface area contributed by atoms with E-state index >= 15 is 0 Å². The summed E-state index contributed by atoms with van der Waals surface area (Å²) in [5, 5.41) is 3.61. The molecule has 0 aromatic rings. The van der Waals surface area contributed by atoms with E-state index in [1.165, 1.54) is 32.5 Å². The van der Waals surface area contributed by atoms with E-state index in [0.29, 0.717) is 12.1 Å². The van der Waals surface area contributed by atoms with Crippen LogP contribution < -0.4 is 5.32 Å². The van der Waals surface area contributed by atoms with Crippen molar-refractivity contribution in [2.45, 2.75) is 38.8 Å². The molecule has 3 unspecified atom stereocenters. The standard InChI is InChI=1S/C12H24N2O/c1-10-4-5-13-12(10)9-14-6-3-7-15-11(2)8-14/h10-13H,3-9H2,1-2H3. The van der Waals surface area contributed by atoms with Crippen LogP contribution in [0.3, 0.4) is 0 Å². The lowest BCUT2D eigenvalue weighted by Crippen LogP contribution is -2.42. The maximum Gasteiger partial charge on any atom is 0.0673 e. The number of hydrogen-bond donors (Lipinski definition) is 1. The highest BCUT2D eigenvalue weighted by atomic mass is 16.5. The monoisotopic (exact) mass is 212 g/mol. The molecule has 0 aromatic heterocycles. The van der Waals surface area contributed by atoms with Crippen molar-refractivity contribution < 1.29 is 4.74 Å². The van der Waals surface area contributed by atoms with Gasteiger partial charge in [0.1, 0.15) is 0 Å². The van der Waals surface area contributed by atoms with Gasteiger partial charge in [-0.05, 0) is 32.2 Å². The molecule has 2 fully saturated rings. The topological polar surface area (TPSA) is 24.5 Å². The van der Waals surface area contributed by atoms with Crippen LogP contribution in [0.15, 0.2) is 0 Å². The second-order valence-corrected chi connectivity index (χ2v) is 5.12. The molecule has 2 aliphatic rings. The van der Waals surface area contributed by atoms with Crippen molar-refractivity contribution in [2.75, 3.05) is 32.8 Å². The summed E-state index contributed by atoms with van der Waals surface area (Å²) in [6.45, 7) is 10.2. The first-order valence-electron chi connectivity index (χ1n) is 6.33. The zero-order valence-electron chi connectivity index (χ0n) is 10.0. The Labute approximate surface area is 93.2 Å². The van der Waals surface area contributed by atoms with Gasteiger partial charge in [0.2, 0.25) is 0 Å². The molecule has 0 saturated carbocycles. The van der Waals surface area contributed by atoms with Crippen molar-refractivity contribution in [3.63, 3.8) is 0 Å². The molecule has 3 nitrogen and oxygen atoms in total. The Balaban J connectivity index is 1.81. The van der Waals surface area contributed by atoms with Crippen LogP contribution in [0.25, 0.3) is 0 Å². The summed E-state index contributed by atoms with van der Waals surface area (Å²) in [4.78, 5) is 2.57. The van der Waals surface area contributed by atoms with Gasteiger partial charge < -0.3 is 10.1 Å². The SMILES string of the molecule is CC1CN(CC2NCCC2C)CCCO1. The average Bonchev–Trinajstić information content (AvgIpc) is 2.48. The van der Waals surface area contributed by atoms with Crippen LogP contribution in [-0.2, 0) is 4.74 Å². The summed E-state index contributed by atoms with van der Waals surface area (Å²) in [5.41, 5.74) is 0. The molecule has 2 saturated heterocycles. The number of nitrogens with one attached hydrogen (secondary N) is 1. The van der Waals surface area contributed by atoms with Crippen molar-refractivity contribution in [2.24, 2.45) is 5.92 Å². The third-order valence-corrected chi connectivity index (χ3v) is 3.68. The summed E-state index contributed by atoms with van der Waals surface area (Å²) >= 11 is 0. The number of nitrogens with zero attached hydrogens (tertiary/aromatic N) is 1. The summed E-state index contributed by atoms with van der Waals surface area (Å²) in [7, 11) is 0. The molecule has 0 radical (unpaired) electrons. The molecule has 0 bridgehead atoms. The molecule has 2 heterocycles. The minimum absolute atomic E-state index is 0.407. The second-order valence-electron chi connectivity index (χ2n) is 5.12. The molecule has 0 aliphatic carbocycles. The van der Waals surface area contributed by atoms with Crippen molar-refractivity contribution in [1.29, 1.82) is 0 Å². The largest absolute Gasteiger partial charge is 0.377 e. The van der Waals surface area contributed by atoms with Gasteiger partial charge >= 0.3 is 0 Å². The number of hydrogen-bond acceptors (Lipinski definition) is 3. The Morgan fingerprint density at radius 1 is 1.40 bits per heavy atom. The van der Waals surface area contributed by atoms with Crippen LogP contribution in [0, 0.1) is 5.92 Å². The minimum atomic E-state index is 0.407. The Morgan fingerprint density at radius 3 is 3.00 bits per heavy atom. The first kappa shape index (κ1) is 11.4. The van der Waals surface area contributed by atoms with Crippen LogP contribution >= 0.6 is 0 Å². The van der Waals surface area contributed by atoms with Crippen LogP contribution in [0.5, 0.6) is 0 Å². The van der Waals surface area contributed by atoms with Crippen molar-refractivity contribution in [1.82, 2.24) is 10.2 Å². The van der Waals surface area contributed by atoms with E-state index in [2.05, 4.69) is 24.1 Å². The van der Waals surface area contributed by atoms with E-state index in [9.17, 15) is 0 Å². The van der Waals surface area contributed by atoms with Crippen LogP contribution in [0.2, 0.25) is 0 Å². The molecule has 0 amide bonds. The van der Waals surface area contributed by atoms with E-state index in [1.54, 1.807) is 0 Å². The molecule has 2 aliphatic heterocycles. The van der Waals surface area contributed by atoms with Gasteiger partial charge in [0.05, 0.1) is 6.10 Å². The van der Waals surface area contributed by atoms with Gasteiger partial charge in [-0.3, -0.25) is 4.90 Å². The fraction of sp³-hybridized carbons (Fsp3) is 1.00. The van der Waals surface area contributed by atoms with E-state index in [0.717, 1.165) is 19.1 Å². The minimum Gasteiger partial charge on any atom is -0.377 e. The maximum absolute atomic E-state index is 5.66. The Hall–Kier alpha value is -0.120. The van der Waals surface area contributed by atoms with Gasteiger partial charge in [-0.25, -0.2) is 0 Å². The van der Waals surface area contributed by atoms with Crippen molar-refractivity contribution in [3.05, 3.63) is 0 Å². The molecular weight excluding hydrogens is 188 g/mol. The maximum atomic E-state index is 5.66. The van der Waals surface area contributed by atoms with Gasteiger partial charge in [-0.1, -0.05) is 6.92 Å². The van der Waals surface area contributed by atoms with Gasteiger partial charge in [0, 0.05) is 32.3 Å². The third-order valence-electron chi connectivity index (χ3n) is 3.68. The van der Waals surface area contributed by atoms with E-state index < -0.39 is 0 Å². The predicted molar refractivity (Wildman–Crippen MR) is 62.0 cm³/mol. The smallest absolute Gasteiger partial charge is 0.0673 e. The zero-order valence-corrected chi connectivity index (χ0v) is 10.0. The van der Waals surface area contributed by atoms with E-state index in [1.807, 2.05) is 0 Å². The molecule has 88 valence electrons. The Kier molecular flexibility index (Phi) is 4.00. The van der Waals surface area contributed by atoms with Crippen LogP contribution in [-0.4, -0.2) is 49.8 Å². The summed E-state index contributed by atoms with van der Waals surface area (Å²) < 4.78 is 5.66. The Morgan fingerprint density at radius 2 is 2.27 bits per heavy atom. The lowest BCUT2D eigenvalue weighted by atomic mass is 10.0. The number of ether oxygens (including phenoxy) is 1. The average molecular weight is 212 g/mol. The molecular formula is C12H24N2O. The molecule has 15 heavy (non-hydrogen) atoms. The van der Waals surface area contributed by atoms with Crippen molar-refractivity contribution >= 4 is 0 Å². The fourth-order valence-corrected chi connectivity index (χ4v) is 2.67. The van der Waals surface area contributed by atoms with E-state index in [-0.39, 0.29) is 0 Å². The number of rotatable bonds is 2. The summed E-state index contributed by atoms with van der Waals surface area (Å²) in [5.74, 6) is 0.837. The van der Waals surface area contributed by atoms with Gasteiger partial charge in [-0.15, -0.1) is 0 Å². The highest BCUT2D eigenvalue weighted by Gasteiger charge is 2.26. The quantitative estimate of drug-likeness (QED) is 0.742. The third kappa shape index (κ3) is 3.16. The fourth-order valence-electron chi connectivity index (χ4n) is 2.67. The molecule has 2 rings (SSSR count). The first-order chi connectivity index (χ1) is 7.25. The zero-order chi connectivity index (χ0) is 10.7. The molecule has 1 N–H and O–H groups in total. The van der Waals surface area contributed by atoms with Crippen LogP contribution in [0.1, 0.15) is 26.7 Å². The second kappa shape index (κ2) is 5.28. The van der Waals surface area contributed by atoms with Gasteiger partial charge in [-0.2, -0.15) is 0 Å². The normalized spacial score (nSPS) is 39.2. The molecule has 3 heteroatoms. The highest BCUT2D eigenvalue weighted by molar-refractivity contribution is 4.84. The predicted octanol–water partition coefficient (Wildman–Crippen LogP) is 1.10. The lowest BCUT2D eigenvalue weighted by Gasteiger charge is -2.27. The van der Waals surface area contributed by atoms with Crippen LogP contribution in [0.4, 0.5) is 0 Å². The summed E-state index contributed by atoms with van der Waals surface area (Å²) in [6.07, 6.45) is 2.93. The molecule has 0 aromatic carbocycles. The van der Waals surface area contributed by atoms with Crippen molar-refractivity contribution in [3.8, 4) is 0 Å². The lowest BCUT2D eigenvalue weighted by molar-refractivity contribution is 0.0661. The highest BCUT2D eigenvalue weighted by Crippen LogP contribution is 2.16. The first-order valence-corrected chi connectivity index (χ1v) is 6.33. The molecule has 0 spiro atoms. The molecule has 3 atom stereocenters. The van der Waals surface area contributed by atoms with Gasteiger partial charge in [0.25, 0.3) is 0 Å². The Bertz CT molecular complexity index is 198. The van der Waals surface area contributed by atoms with E-state index in [4.69, 9.17) is 4.74 Å². The summed E-state index contributed by atoms with van der Waals surface area (Å²) in [6, 6.07) is 0.704. The van der Waals surface area contributed by atoms with Gasteiger partial charge in [0.15, 0.2) is 0 Å².